The summed E-state index contributed by atoms with van der Waals surface area (Å²) in [5, 5.41) is 18.2. The Morgan fingerprint density at radius 3 is 2.44 bits per heavy atom. The molecule has 57 heavy (non-hydrogen) atoms. The van der Waals surface area contributed by atoms with Crippen LogP contribution < -0.4 is 20.5 Å². The van der Waals surface area contributed by atoms with Crippen LogP contribution in [0.4, 0.5) is 20.2 Å². The number of nitrogens with one attached hydrogen (secondary N) is 1. The number of pyridine rings is 1. The third-order valence-corrected chi connectivity index (χ3v) is 11.5. The monoisotopic (exact) mass is 788 g/mol. The maximum Gasteiger partial charge on any atom is 0.264 e. The molecule has 2 aliphatic heterocycles. The van der Waals surface area contributed by atoms with Crippen molar-refractivity contribution in [3.8, 4) is 16.9 Å². The van der Waals surface area contributed by atoms with E-state index in [1.54, 1.807) is 42.8 Å². The first kappa shape index (κ1) is 41.8. The summed E-state index contributed by atoms with van der Waals surface area (Å²) in [4.78, 5) is 42.4. The number of alkyl halides is 2. The van der Waals surface area contributed by atoms with Crippen molar-refractivity contribution in [2.75, 3.05) is 31.6 Å². The Bertz CT molecular complexity index is 2140. The fraction of sp³-hybridized carbons (Fsp3) is 0.545. The lowest BCUT2D eigenvalue weighted by Gasteiger charge is -2.34. The van der Waals surface area contributed by atoms with Gasteiger partial charge in [0.15, 0.2) is 0 Å². The average molecular weight is 789 g/mol. The van der Waals surface area contributed by atoms with Crippen LogP contribution in [0.5, 0.6) is 5.75 Å². The van der Waals surface area contributed by atoms with Crippen LogP contribution in [0.1, 0.15) is 102 Å². The molecular weight excluding hydrogens is 731 g/mol. The number of halogens is 2. The molecule has 0 spiro atoms. The minimum Gasteiger partial charge on any atom is -0.497 e. The van der Waals surface area contributed by atoms with Crippen molar-refractivity contribution < 1.29 is 28.2 Å². The van der Waals surface area contributed by atoms with E-state index in [2.05, 4.69) is 15.3 Å². The zero-order chi connectivity index (χ0) is 41.0. The van der Waals surface area contributed by atoms with Crippen LogP contribution in [0.2, 0.25) is 0 Å². The van der Waals surface area contributed by atoms with E-state index in [1.807, 2.05) is 55.9 Å². The quantitative estimate of drug-likeness (QED) is 0.119. The number of hydrogen-bond acceptors (Lipinski definition) is 7. The molecule has 0 unspecified atom stereocenters. The highest BCUT2D eigenvalue weighted by Crippen LogP contribution is 2.44. The highest BCUT2D eigenvalue weighted by atomic mass is 19.3. The summed E-state index contributed by atoms with van der Waals surface area (Å²) in [5.41, 5.74) is 4.41. The number of amides is 2. The van der Waals surface area contributed by atoms with Crippen molar-refractivity contribution in [1.82, 2.24) is 24.6 Å². The van der Waals surface area contributed by atoms with Gasteiger partial charge >= 0.3 is 0 Å². The molecule has 2 amide bonds. The predicted octanol–water partition coefficient (Wildman–Crippen LogP) is 7.60. The minimum absolute atomic E-state index is 0.0448. The summed E-state index contributed by atoms with van der Waals surface area (Å²) in [7, 11) is 3.31. The second-order valence-corrected chi connectivity index (χ2v) is 16.9. The summed E-state index contributed by atoms with van der Waals surface area (Å²) >= 11 is 0. The molecule has 4 heterocycles. The number of aromatic nitrogens is 3. The van der Waals surface area contributed by atoms with Gasteiger partial charge < -0.3 is 29.5 Å². The van der Waals surface area contributed by atoms with E-state index in [0.717, 1.165) is 73.7 Å². The molecule has 2 aromatic heterocycles. The first-order chi connectivity index (χ1) is 27.2. The fourth-order valence-electron chi connectivity index (χ4n) is 8.24. The molecule has 0 saturated carbocycles. The van der Waals surface area contributed by atoms with Gasteiger partial charge in [0.25, 0.3) is 12.0 Å². The largest absolute Gasteiger partial charge is 0.497 e. The molecule has 2 aliphatic rings. The molecule has 1 fully saturated rings. The molecule has 2 aromatic carbocycles. The Morgan fingerprint density at radius 1 is 1.02 bits per heavy atom. The van der Waals surface area contributed by atoms with Gasteiger partial charge in [-0.3, -0.25) is 19.1 Å². The fourth-order valence-corrected chi connectivity index (χ4v) is 8.24. The van der Waals surface area contributed by atoms with Crippen LogP contribution in [-0.2, 0) is 29.6 Å². The van der Waals surface area contributed by atoms with Gasteiger partial charge in [0.2, 0.25) is 11.8 Å². The molecule has 0 bridgehead atoms. The normalized spacial score (nSPS) is 16.4. The maximum absolute atomic E-state index is 14.8. The molecule has 13 heteroatoms. The van der Waals surface area contributed by atoms with Gasteiger partial charge in [-0.15, -0.1) is 0 Å². The smallest absolute Gasteiger partial charge is 0.264 e. The number of aryl methyl sites for hydroxylation is 4. The van der Waals surface area contributed by atoms with E-state index in [1.165, 1.54) is 0 Å². The molecule has 2 N–H and O–H groups in total. The number of fused-ring (bicyclic) bond motifs is 2. The van der Waals surface area contributed by atoms with Gasteiger partial charge in [0.05, 0.1) is 30.6 Å². The number of likely N-dealkylation sites (tertiary alicyclic amines) is 1. The summed E-state index contributed by atoms with van der Waals surface area (Å²) in [6.45, 7) is 9.73. The van der Waals surface area contributed by atoms with Crippen molar-refractivity contribution in [2.24, 2.45) is 12.5 Å². The lowest BCUT2D eigenvalue weighted by molar-refractivity contribution is -0.138. The number of methoxy groups -OCH3 is 1. The molecule has 0 aliphatic carbocycles. The molecule has 1 saturated heterocycles. The Kier molecular flexibility index (Phi) is 13.1. The third-order valence-electron chi connectivity index (χ3n) is 11.5. The SMILES string of the molecule is COc1cc(N2CCCc3cc(-c4cnn(CCCCCCCCC(=O)N[C@@H](C(=O)N5CC[C@H](O)C5)C(C)(C)C)c4)c(C(F)F)cc32)c2cc(C)c(=O)n(C)c2c1. The highest BCUT2D eigenvalue weighted by Gasteiger charge is 2.38. The van der Waals surface area contributed by atoms with Crippen molar-refractivity contribution in [1.29, 1.82) is 0 Å². The highest BCUT2D eigenvalue weighted by molar-refractivity contribution is 5.97. The number of anilines is 2. The molecule has 2 atom stereocenters. The van der Waals surface area contributed by atoms with Gasteiger partial charge in [-0.05, 0) is 73.8 Å². The lowest BCUT2D eigenvalue weighted by Crippen LogP contribution is -2.54. The number of ether oxygens (including phenoxy) is 1. The van der Waals surface area contributed by atoms with Crippen LogP contribution in [0.25, 0.3) is 22.0 Å². The number of β-amino-alcohol motifs (C(OH)–C–C–N with tert-alkyl or cyclic N) is 1. The van der Waals surface area contributed by atoms with Crippen LogP contribution in [0, 0.1) is 12.3 Å². The van der Waals surface area contributed by atoms with E-state index in [4.69, 9.17) is 4.74 Å². The van der Waals surface area contributed by atoms with Gasteiger partial charge in [0, 0.05) is 85.7 Å². The summed E-state index contributed by atoms with van der Waals surface area (Å²) in [6.07, 6.45) is 8.35. The molecule has 4 aromatic rings. The van der Waals surface area contributed by atoms with E-state index < -0.39 is 24.0 Å². The summed E-state index contributed by atoms with van der Waals surface area (Å²) in [6, 6.07) is 8.51. The standard InChI is InChI=1S/C44H58F2N6O5/c1-28-20-35-37(49(5)42(28)55)22-32(57-6)23-38(35)52-18-13-14-29-21-33(34(41(45)46)24-36(29)52)30-25-47-51(26-30)17-12-10-8-7-9-11-15-39(54)48-40(44(2,3)4)43(56)50-19-16-31(53)27-50/h20-26,31,40-41,53H,7-19,27H2,1-6H3,(H,48,54)/t31-,40-/m0/s1. The molecular formula is C44H58F2N6O5. The number of hydrogen-bond donors (Lipinski definition) is 2. The van der Waals surface area contributed by atoms with Crippen molar-refractivity contribution in [2.45, 2.75) is 117 Å². The van der Waals surface area contributed by atoms with Crippen LogP contribution in [0.3, 0.4) is 0 Å². The predicted molar refractivity (Wildman–Crippen MR) is 219 cm³/mol. The Balaban J connectivity index is 1.03. The number of aliphatic hydroxyl groups excluding tert-OH is 1. The molecule has 308 valence electrons. The summed E-state index contributed by atoms with van der Waals surface area (Å²) < 4.78 is 38.7. The number of nitrogens with zero attached hydrogens (tertiary/aromatic N) is 5. The van der Waals surface area contributed by atoms with E-state index in [9.17, 15) is 28.3 Å². The van der Waals surface area contributed by atoms with E-state index >= 15 is 0 Å². The maximum atomic E-state index is 14.8. The van der Waals surface area contributed by atoms with E-state index in [-0.39, 0.29) is 22.9 Å². The second-order valence-electron chi connectivity index (χ2n) is 16.9. The lowest BCUT2D eigenvalue weighted by atomic mass is 9.85. The summed E-state index contributed by atoms with van der Waals surface area (Å²) in [5.74, 6) is 0.326. The number of rotatable bonds is 15. The van der Waals surface area contributed by atoms with Gasteiger partial charge in [0.1, 0.15) is 11.8 Å². The first-order valence-corrected chi connectivity index (χ1v) is 20.4. The van der Waals surface area contributed by atoms with Gasteiger partial charge in [-0.25, -0.2) is 8.78 Å². The zero-order valence-corrected chi connectivity index (χ0v) is 34.2. The zero-order valence-electron chi connectivity index (χ0n) is 34.2. The van der Waals surface area contributed by atoms with Gasteiger partial charge in [-0.1, -0.05) is 46.5 Å². The number of benzene rings is 2. The molecule has 11 nitrogen and oxygen atoms in total. The first-order valence-electron chi connectivity index (χ1n) is 20.4. The third kappa shape index (κ3) is 9.51. The Morgan fingerprint density at radius 2 is 1.75 bits per heavy atom. The topological polar surface area (TPSA) is 122 Å². The number of carbonyl (C=O) groups is 2. The Hall–Kier alpha value is -4.78. The average Bonchev–Trinajstić information content (AvgIpc) is 3.84. The van der Waals surface area contributed by atoms with Crippen LogP contribution in [0.15, 0.2) is 47.5 Å². The van der Waals surface area contributed by atoms with Crippen LogP contribution in [-0.4, -0.2) is 75.1 Å². The number of aliphatic hydroxyl groups is 1. The molecule has 0 radical (unpaired) electrons. The van der Waals surface area contributed by atoms with Crippen molar-refractivity contribution in [3.63, 3.8) is 0 Å². The number of unbranched alkanes of at least 4 members (excludes halogenated alkanes) is 5. The van der Waals surface area contributed by atoms with Crippen molar-refractivity contribution >= 4 is 34.1 Å². The second kappa shape index (κ2) is 17.8. The minimum atomic E-state index is -2.69. The van der Waals surface area contributed by atoms with E-state index in [0.29, 0.717) is 67.0 Å². The number of carbonyl (C=O) groups excluding carboxylic acids is 2. The van der Waals surface area contributed by atoms with Gasteiger partial charge in [-0.2, -0.15) is 5.10 Å². The van der Waals surface area contributed by atoms with Crippen molar-refractivity contribution in [3.05, 3.63) is 69.8 Å². The van der Waals surface area contributed by atoms with Crippen LogP contribution >= 0.6 is 0 Å². The molecule has 6 rings (SSSR count). The Labute approximate surface area is 334 Å².